The average molecular weight is 861 g/mol. The summed E-state index contributed by atoms with van der Waals surface area (Å²) >= 11 is 0. The lowest BCUT2D eigenvalue weighted by Gasteiger charge is -2.18. The molecule has 0 amide bonds. The zero-order valence-electron chi connectivity index (χ0n) is 40.1. The summed E-state index contributed by atoms with van der Waals surface area (Å²) in [6, 6.07) is 0. The molecule has 0 fully saturated rings. The van der Waals surface area contributed by atoms with Gasteiger partial charge in [0, 0.05) is 19.3 Å². The van der Waals surface area contributed by atoms with E-state index in [1.54, 1.807) is 0 Å². The van der Waals surface area contributed by atoms with Crippen LogP contribution in [-0.2, 0) is 28.6 Å². The smallest absolute Gasteiger partial charge is 0.306 e. The van der Waals surface area contributed by atoms with Crippen LogP contribution in [0.3, 0.4) is 0 Å². The summed E-state index contributed by atoms with van der Waals surface area (Å²) in [5.41, 5.74) is 0. The first-order valence-electron chi connectivity index (χ1n) is 25.3. The number of rotatable bonds is 44. The molecular weight excluding hydrogens is 769 g/mol. The van der Waals surface area contributed by atoms with Crippen LogP contribution in [0.2, 0.25) is 0 Å². The molecule has 0 rings (SSSR count). The quantitative estimate of drug-likeness (QED) is 0.0200. The molecule has 0 aliphatic carbocycles. The number of allylic oxidation sites excluding steroid dienone is 16. The molecule has 0 aromatic heterocycles. The number of ether oxygens (including phenoxy) is 3. The largest absolute Gasteiger partial charge is 0.462 e. The fourth-order valence-electron chi connectivity index (χ4n) is 6.65. The lowest BCUT2D eigenvalue weighted by Crippen LogP contribution is -2.30. The molecule has 0 aliphatic heterocycles. The van der Waals surface area contributed by atoms with Gasteiger partial charge in [-0.25, -0.2) is 0 Å². The predicted molar refractivity (Wildman–Crippen MR) is 265 cm³/mol. The van der Waals surface area contributed by atoms with Crippen LogP contribution in [0.5, 0.6) is 0 Å². The molecule has 0 bridgehead atoms. The van der Waals surface area contributed by atoms with Gasteiger partial charge in [0.1, 0.15) is 13.2 Å². The van der Waals surface area contributed by atoms with Gasteiger partial charge in [-0.15, -0.1) is 0 Å². The Balaban J connectivity index is 4.50. The second-order valence-electron chi connectivity index (χ2n) is 16.4. The van der Waals surface area contributed by atoms with E-state index in [1.807, 2.05) is 0 Å². The highest BCUT2D eigenvalue weighted by molar-refractivity contribution is 5.71. The molecule has 0 aromatic carbocycles. The summed E-state index contributed by atoms with van der Waals surface area (Å²) in [7, 11) is 0. The summed E-state index contributed by atoms with van der Waals surface area (Å²) in [5, 5.41) is 0. The normalized spacial score (nSPS) is 12.9. The van der Waals surface area contributed by atoms with Crippen LogP contribution in [0.4, 0.5) is 0 Å². The van der Waals surface area contributed by atoms with E-state index in [2.05, 4.69) is 118 Å². The number of esters is 3. The number of carbonyl (C=O) groups is 3. The predicted octanol–water partition coefficient (Wildman–Crippen LogP) is 16.6. The molecule has 0 N–H and O–H groups in total. The third-order valence-electron chi connectivity index (χ3n) is 10.4. The molecule has 62 heavy (non-hydrogen) atoms. The fraction of sp³-hybridized carbons (Fsp3) is 0.661. The Morgan fingerprint density at radius 3 is 1.21 bits per heavy atom. The third kappa shape index (κ3) is 47.4. The van der Waals surface area contributed by atoms with Crippen LogP contribution in [0.25, 0.3) is 0 Å². The van der Waals surface area contributed by atoms with Crippen LogP contribution in [0.1, 0.15) is 220 Å². The van der Waals surface area contributed by atoms with Gasteiger partial charge >= 0.3 is 17.9 Å². The van der Waals surface area contributed by atoms with Gasteiger partial charge in [-0.05, 0) is 77.0 Å². The number of unbranched alkanes of at least 4 members (excludes halogenated alkanes) is 19. The Morgan fingerprint density at radius 1 is 0.355 bits per heavy atom. The van der Waals surface area contributed by atoms with E-state index in [-0.39, 0.29) is 37.5 Å². The van der Waals surface area contributed by atoms with Gasteiger partial charge in [-0.1, -0.05) is 221 Å². The number of hydrogen-bond donors (Lipinski definition) is 0. The summed E-state index contributed by atoms with van der Waals surface area (Å²) < 4.78 is 16.7. The van der Waals surface area contributed by atoms with Crippen molar-refractivity contribution in [2.45, 2.75) is 226 Å². The molecular formula is C56H92O6. The van der Waals surface area contributed by atoms with Crippen molar-refractivity contribution in [3.63, 3.8) is 0 Å². The second-order valence-corrected chi connectivity index (χ2v) is 16.4. The van der Waals surface area contributed by atoms with Crippen LogP contribution >= 0.6 is 0 Å². The first-order valence-corrected chi connectivity index (χ1v) is 25.3. The Morgan fingerprint density at radius 2 is 0.726 bits per heavy atom. The molecule has 1 unspecified atom stereocenters. The van der Waals surface area contributed by atoms with Gasteiger partial charge in [0.05, 0.1) is 0 Å². The molecule has 0 heterocycles. The molecule has 1 atom stereocenters. The maximum absolute atomic E-state index is 12.8. The van der Waals surface area contributed by atoms with Crippen molar-refractivity contribution < 1.29 is 28.6 Å². The fourth-order valence-corrected chi connectivity index (χ4v) is 6.65. The van der Waals surface area contributed by atoms with Crippen molar-refractivity contribution in [1.29, 1.82) is 0 Å². The Labute approximate surface area is 381 Å². The van der Waals surface area contributed by atoms with E-state index in [0.717, 1.165) is 103 Å². The van der Waals surface area contributed by atoms with Crippen molar-refractivity contribution >= 4 is 17.9 Å². The Hall–Kier alpha value is -3.67. The highest BCUT2D eigenvalue weighted by Crippen LogP contribution is 2.15. The third-order valence-corrected chi connectivity index (χ3v) is 10.4. The molecule has 6 nitrogen and oxygen atoms in total. The minimum Gasteiger partial charge on any atom is -0.462 e. The van der Waals surface area contributed by atoms with Gasteiger partial charge in [0.25, 0.3) is 0 Å². The average Bonchev–Trinajstić information content (AvgIpc) is 3.27. The van der Waals surface area contributed by atoms with Gasteiger partial charge in [-0.3, -0.25) is 14.4 Å². The summed E-state index contributed by atoms with van der Waals surface area (Å²) in [5.74, 6) is -0.986. The van der Waals surface area contributed by atoms with E-state index in [0.29, 0.717) is 19.3 Å². The summed E-state index contributed by atoms with van der Waals surface area (Å²) in [6.45, 7) is 6.32. The SMILES string of the molecule is CC/C=C/C=C/C=C/CCCCCCCC(=O)OCC(COC(=O)CCC/C=C/C/C=C/C/C=C/C/C=C/C/C=C/CC)OC(=O)CCCCCCCCCCCCCCCC. The highest BCUT2D eigenvalue weighted by Gasteiger charge is 2.19. The first kappa shape index (κ1) is 58.3. The minimum absolute atomic E-state index is 0.106. The minimum atomic E-state index is -0.807. The maximum Gasteiger partial charge on any atom is 0.306 e. The molecule has 0 spiro atoms. The topological polar surface area (TPSA) is 78.9 Å². The number of carbonyl (C=O) groups excluding carboxylic acids is 3. The van der Waals surface area contributed by atoms with Crippen LogP contribution in [0, 0.1) is 0 Å². The van der Waals surface area contributed by atoms with E-state index in [1.165, 1.54) is 70.6 Å². The highest BCUT2D eigenvalue weighted by atomic mass is 16.6. The van der Waals surface area contributed by atoms with Gasteiger partial charge in [-0.2, -0.15) is 0 Å². The van der Waals surface area contributed by atoms with E-state index >= 15 is 0 Å². The summed E-state index contributed by atoms with van der Waals surface area (Å²) in [4.78, 5) is 37.9. The van der Waals surface area contributed by atoms with E-state index in [4.69, 9.17) is 14.2 Å². The van der Waals surface area contributed by atoms with Crippen LogP contribution in [0.15, 0.2) is 97.2 Å². The molecule has 0 aliphatic rings. The monoisotopic (exact) mass is 861 g/mol. The Kier molecular flexibility index (Phi) is 47.0. The van der Waals surface area contributed by atoms with Gasteiger partial charge in [0.15, 0.2) is 6.10 Å². The zero-order chi connectivity index (χ0) is 45.1. The van der Waals surface area contributed by atoms with Crippen molar-refractivity contribution in [3.8, 4) is 0 Å². The maximum atomic E-state index is 12.8. The summed E-state index contributed by atoms with van der Waals surface area (Å²) in [6.07, 6.45) is 65.4. The second kappa shape index (κ2) is 50.0. The van der Waals surface area contributed by atoms with Crippen LogP contribution in [-0.4, -0.2) is 37.2 Å². The van der Waals surface area contributed by atoms with Crippen molar-refractivity contribution in [2.75, 3.05) is 13.2 Å². The molecule has 0 aromatic rings. The molecule has 0 saturated heterocycles. The molecule has 0 radical (unpaired) electrons. The van der Waals surface area contributed by atoms with Crippen molar-refractivity contribution in [2.24, 2.45) is 0 Å². The number of hydrogen-bond acceptors (Lipinski definition) is 6. The van der Waals surface area contributed by atoms with Crippen molar-refractivity contribution in [3.05, 3.63) is 97.2 Å². The van der Waals surface area contributed by atoms with Crippen molar-refractivity contribution in [1.82, 2.24) is 0 Å². The van der Waals surface area contributed by atoms with E-state index in [9.17, 15) is 14.4 Å². The first-order chi connectivity index (χ1) is 30.5. The lowest BCUT2D eigenvalue weighted by atomic mass is 10.0. The molecule has 0 saturated carbocycles. The molecule has 6 heteroatoms. The zero-order valence-corrected chi connectivity index (χ0v) is 40.1. The molecule has 352 valence electrons. The lowest BCUT2D eigenvalue weighted by molar-refractivity contribution is -0.167. The standard InChI is InChI=1S/C56H92O6/c1-4-7-10-13-16-19-22-25-27-28-29-32-34-37-40-43-46-49-55(58)61-52-53(51-60-54(57)48-45-42-39-36-33-30-24-21-18-15-12-9-6-3)62-56(59)50-47-44-41-38-35-31-26-23-20-17-14-11-8-5-2/h7,9-10,12,15-16,18-19,21,24-25,27,29,32,37,40,53H,4-6,8,11,13-14,17,20,22-23,26,28,30-31,33-36,38-39,41-52H2,1-3H3/b10-7+,12-9+,18-15+,19-16+,24-21+,27-25+,32-29+,40-37+. The Bertz CT molecular complexity index is 1260. The van der Waals surface area contributed by atoms with Gasteiger partial charge < -0.3 is 14.2 Å². The van der Waals surface area contributed by atoms with Gasteiger partial charge in [0.2, 0.25) is 0 Å². The van der Waals surface area contributed by atoms with Crippen LogP contribution < -0.4 is 0 Å². The van der Waals surface area contributed by atoms with E-state index < -0.39 is 6.10 Å².